The first-order valence-corrected chi connectivity index (χ1v) is 11.2. The van der Waals surface area contributed by atoms with Crippen LogP contribution >= 0.6 is 15.9 Å². The Bertz CT molecular complexity index is 974. The second-order valence-corrected chi connectivity index (χ2v) is 8.57. The summed E-state index contributed by atoms with van der Waals surface area (Å²) in [6.45, 7) is 11.2. The van der Waals surface area contributed by atoms with Crippen LogP contribution in [0.15, 0.2) is 92.8 Å². The SMILES string of the molecule is C=C/C(=C\C=C/C)C/C=C(/Nc1ccc(S(=O)(=O)O)cc1)N(NC)/C(N=C)=C(\C)Br. The second kappa shape index (κ2) is 12.3. The fourth-order valence-electron chi connectivity index (χ4n) is 2.38. The van der Waals surface area contributed by atoms with Gasteiger partial charge < -0.3 is 5.32 Å². The summed E-state index contributed by atoms with van der Waals surface area (Å²) in [5.41, 5.74) is 4.67. The van der Waals surface area contributed by atoms with Gasteiger partial charge in [0, 0.05) is 17.2 Å². The van der Waals surface area contributed by atoms with Crippen molar-refractivity contribution in [3.63, 3.8) is 0 Å². The number of anilines is 1. The van der Waals surface area contributed by atoms with Gasteiger partial charge in [-0.2, -0.15) is 8.42 Å². The van der Waals surface area contributed by atoms with E-state index in [1.54, 1.807) is 30.3 Å². The molecular weight excluding hydrogens is 468 g/mol. The van der Waals surface area contributed by atoms with Gasteiger partial charge in [-0.15, -0.1) is 0 Å². The van der Waals surface area contributed by atoms with E-state index < -0.39 is 10.1 Å². The third-order valence-electron chi connectivity index (χ3n) is 3.85. The molecule has 30 heavy (non-hydrogen) atoms. The zero-order valence-corrected chi connectivity index (χ0v) is 19.7. The highest BCUT2D eigenvalue weighted by Crippen LogP contribution is 2.23. The van der Waals surface area contributed by atoms with Crippen LogP contribution in [0.25, 0.3) is 0 Å². The molecule has 3 N–H and O–H groups in total. The first-order chi connectivity index (χ1) is 14.2. The molecular formula is C21H27BrN4O3S. The molecule has 0 saturated heterocycles. The third-order valence-corrected chi connectivity index (χ3v) is 5.08. The molecule has 1 aromatic rings. The van der Waals surface area contributed by atoms with Crippen LogP contribution < -0.4 is 10.7 Å². The zero-order chi connectivity index (χ0) is 22.7. The van der Waals surface area contributed by atoms with Crippen LogP contribution in [-0.4, -0.2) is 31.7 Å². The maximum absolute atomic E-state index is 11.3. The Labute approximate surface area is 187 Å². The van der Waals surface area contributed by atoms with E-state index in [-0.39, 0.29) is 4.90 Å². The summed E-state index contributed by atoms with van der Waals surface area (Å²) in [5, 5.41) is 4.94. The molecule has 1 rings (SSSR count). The Hall–Kier alpha value is -2.46. The first kappa shape index (κ1) is 25.6. The number of benzene rings is 1. The summed E-state index contributed by atoms with van der Waals surface area (Å²) in [7, 11) is -2.52. The van der Waals surface area contributed by atoms with Crippen LogP contribution in [0, 0.1) is 0 Å². The number of rotatable bonds is 11. The second-order valence-electron chi connectivity index (χ2n) is 5.96. The van der Waals surface area contributed by atoms with Crippen molar-refractivity contribution in [3.05, 3.63) is 82.9 Å². The van der Waals surface area contributed by atoms with Gasteiger partial charge in [-0.1, -0.05) is 46.8 Å². The lowest BCUT2D eigenvalue weighted by atomic mass is 10.1. The van der Waals surface area contributed by atoms with Gasteiger partial charge >= 0.3 is 0 Å². The molecule has 162 valence electrons. The Balaban J connectivity index is 3.38. The molecule has 9 heteroatoms. The summed E-state index contributed by atoms with van der Waals surface area (Å²) < 4.78 is 32.5. The van der Waals surface area contributed by atoms with E-state index in [0.717, 1.165) is 10.1 Å². The number of nitrogens with one attached hydrogen (secondary N) is 2. The lowest BCUT2D eigenvalue weighted by Gasteiger charge is -2.28. The molecule has 0 radical (unpaired) electrons. The minimum absolute atomic E-state index is 0.183. The summed E-state index contributed by atoms with van der Waals surface area (Å²) in [6, 6.07) is 5.75. The van der Waals surface area contributed by atoms with Crippen molar-refractivity contribution in [1.82, 2.24) is 10.4 Å². The first-order valence-electron chi connectivity index (χ1n) is 8.97. The van der Waals surface area contributed by atoms with Crippen LogP contribution in [0.1, 0.15) is 20.3 Å². The van der Waals surface area contributed by atoms with Crippen molar-refractivity contribution in [2.75, 3.05) is 12.4 Å². The molecule has 0 spiro atoms. The Morgan fingerprint density at radius 3 is 2.40 bits per heavy atom. The van der Waals surface area contributed by atoms with E-state index in [1.165, 1.54) is 12.1 Å². The number of hydrogen-bond donors (Lipinski definition) is 3. The van der Waals surface area contributed by atoms with E-state index in [4.69, 9.17) is 4.55 Å². The fraction of sp³-hybridized carbons (Fsp3) is 0.190. The van der Waals surface area contributed by atoms with Crippen molar-refractivity contribution in [1.29, 1.82) is 0 Å². The van der Waals surface area contributed by atoms with Crippen molar-refractivity contribution in [2.24, 2.45) is 4.99 Å². The number of nitrogens with zero attached hydrogens (tertiary/aromatic N) is 2. The smallest absolute Gasteiger partial charge is 0.294 e. The summed E-state index contributed by atoms with van der Waals surface area (Å²) in [6.07, 6.45) is 10.1. The standard InChI is InChI=1S/C21H27BrN4O3S/c1-6-8-9-17(7-2)10-15-20(26(24-5)21(23-4)16(3)22)25-18-11-13-19(14-12-18)30(27,28)29/h6-9,11-15,24-25H,2,4,10H2,1,3,5H3,(H,27,28,29)/b8-6-,17-9+,20-15-,21-16+. The van der Waals surface area contributed by atoms with Crippen LogP contribution in [0.5, 0.6) is 0 Å². The molecule has 0 aromatic heterocycles. The van der Waals surface area contributed by atoms with Crippen LogP contribution in [0.4, 0.5) is 5.69 Å². The van der Waals surface area contributed by atoms with Crippen molar-refractivity contribution in [3.8, 4) is 0 Å². The molecule has 0 unspecified atom stereocenters. The molecule has 0 aliphatic heterocycles. The molecule has 1 aromatic carbocycles. The largest absolute Gasteiger partial charge is 0.341 e. The van der Waals surface area contributed by atoms with E-state index in [2.05, 4.69) is 45.0 Å². The summed E-state index contributed by atoms with van der Waals surface area (Å²) in [5.74, 6) is 1.18. The van der Waals surface area contributed by atoms with Gasteiger partial charge in [0.1, 0.15) is 5.82 Å². The van der Waals surface area contributed by atoms with Crippen LogP contribution in [0.3, 0.4) is 0 Å². The van der Waals surface area contributed by atoms with Gasteiger partial charge in [-0.05, 0) is 62.9 Å². The number of hydrogen-bond acceptors (Lipinski definition) is 6. The van der Waals surface area contributed by atoms with Crippen LogP contribution in [0.2, 0.25) is 0 Å². The van der Waals surface area contributed by atoms with Crippen molar-refractivity contribution in [2.45, 2.75) is 25.2 Å². The highest BCUT2D eigenvalue weighted by atomic mass is 79.9. The molecule has 0 atom stereocenters. The van der Waals surface area contributed by atoms with E-state index in [0.29, 0.717) is 23.8 Å². The summed E-state index contributed by atoms with van der Waals surface area (Å²) in [4.78, 5) is 3.89. The van der Waals surface area contributed by atoms with Gasteiger partial charge in [0.05, 0.1) is 4.90 Å². The van der Waals surface area contributed by atoms with Gasteiger partial charge in [-0.3, -0.25) is 4.55 Å². The average Bonchev–Trinajstić information content (AvgIpc) is 2.70. The topological polar surface area (TPSA) is 94.0 Å². The molecule has 0 fully saturated rings. The Morgan fingerprint density at radius 2 is 1.97 bits per heavy atom. The number of aliphatic imine (C=N–C) groups is 1. The Kier molecular flexibility index (Phi) is 10.5. The highest BCUT2D eigenvalue weighted by molar-refractivity contribution is 9.11. The molecule has 0 saturated carbocycles. The predicted octanol–water partition coefficient (Wildman–Crippen LogP) is 4.99. The normalized spacial score (nSPS) is 13.8. The van der Waals surface area contributed by atoms with Gasteiger partial charge in [0.15, 0.2) is 5.82 Å². The number of halogens is 1. The van der Waals surface area contributed by atoms with Gasteiger partial charge in [0.25, 0.3) is 10.1 Å². The van der Waals surface area contributed by atoms with Crippen molar-refractivity contribution < 1.29 is 13.0 Å². The monoisotopic (exact) mass is 494 g/mol. The van der Waals surface area contributed by atoms with Crippen LogP contribution in [-0.2, 0) is 10.1 Å². The molecule has 0 heterocycles. The summed E-state index contributed by atoms with van der Waals surface area (Å²) >= 11 is 3.43. The lowest BCUT2D eigenvalue weighted by molar-refractivity contribution is 0.340. The average molecular weight is 495 g/mol. The zero-order valence-electron chi connectivity index (χ0n) is 17.3. The molecule has 7 nitrogen and oxygen atoms in total. The molecule has 0 aliphatic carbocycles. The maximum atomic E-state index is 11.3. The minimum Gasteiger partial charge on any atom is -0.341 e. The van der Waals surface area contributed by atoms with E-state index in [1.807, 2.05) is 38.2 Å². The fourth-order valence-corrected chi connectivity index (χ4v) is 3.17. The maximum Gasteiger partial charge on any atom is 0.294 e. The Morgan fingerprint density at radius 1 is 1.33 bits per heavy atom. The number of hydrazine groups is 1. The quantitative estimate of drug-likeness (QED) is 0.173. The lowest BCUT2D eigenvalue weighted by Crippen LogP contribution is -2.36. The highest BCUT2D eigenvalue weighted by Gasteiger charge is 2.15. The third kappa shape index (κ3) is 7.75. The number of allylic oxidation sites excluding steroid dienone is 7. The molecule has 0 aliphatic rings. The van der Waals surface area contributed by atoms with E-state index in [9.17, 15) is 8.42 Å². The van der Waals surface area contributed by atoms with Crippen molar-refractivity contribution >= 4 is 38.5 Å². The van der Waals surface area contributed by atoms with Gasteiger partial charge in [0.2, 0.25) is 0 Å². The predicted molar refractivity (Wildman–Crippen MR) is 128 cm³/mol. The van der Waals surface area contributed by atoms with E-state index >= 15 is 0 Å². The molecule has 0 amide bonds. The molecule has 0 bridgehead atoms. The van der Waals surface area contributed by atoms with Gasteiger partial charge in [-0.25, -0.2) is 15.4 Å². The minimum atomic E-state index is -4.26.